The second kappa shape index (κ2) is 5.58. The third-order valence-corrected chi connectivity index (χ3v) is 2.39. The van der Waals surface area contributed by atoms with Crippen LogP contribution in [-0.4, -0.2) is 29.1 Å². The topological polar surface area (TPSA) is 49.7 Å². The number of ether oxygens (including phenoxy) is 1. The fraction of sp³-hybridized carbons (Fsp3) is 0.500. The first-order valence-corrected chi connectivity index (χ1v) is 5.38. The lowest BCUT2D eigenvalue weighted by Crippen LogP contribution is -2.34. The molecule has 1 aromatic rings. The number of rotatable bonds is 4. The van der Waals surface area contributed by atoms with E-state index in [1.54, 1.807) is 19.1 Å². The molecule has 2 N–H and O–H groups in total. The third-order valence-electron chi connectivity index (χ3n) is 2.39. The standard InChI is InChI=1S/C12H15F3O3/c1-7-3-4-9(8(2)16)10(5-7)18-6-11(17)12(13,14)15/h3-5,8,11,16-17H,6H2,1-2H3/t8-,11?/m1/s1. The zero-order valence-corrected chi connectivity index (χ0v) is 10.0. The van der Waals surface area contributed by atoms with Gasteiger partial charge in [-0.05, 0) is 25.5 Å². The van der Waals surface area contributed by atoms with E-state index in [1.807, 2.05) is 0 Å². The molecule has 0 aromatic heterocycles. The summed E-state index contributed by atoms with van der Waals surface area (Å²) in [6, 6.07) is 4.82. The van der Waals surface area contributed by atoms with Crippen molar-refractivity contribution in [3.63, 3.8) is 0 Å². The van der Waals surface area contributed by atoms with Crippen LogP contribution in [0.4, 0.5) is 13.2 Å². The summed E-state index contributed by atoms with van der Waals surface area (Å²) in [5, 5.41) is 18.3. The average molecular weight is 264 g/mol. The van der Waals surface area contributed by atoms with Gasteiger partial charge < -0.3 is 14.9 Å². The average Bonchev–Trinajstić information content (AvgIpc) is 2.24. The van der Waals surface area contributed by atoms with E-state index in [0.29, 0.717) is 5.56 Å². The molecule has 0 aliphatic carbocycles. The van der Waals surface area contributed by atoms with Gasteiger partial charge in [0, 0.05) is 5.56 Å². The fourth-order valence-electron chi connectivity index (χ4n) is 1.37. The number of aliphatic hydroxyl groups is 2. The Morgan fingerprint density at radius 2 is 1.89 bits per heavy atom. The van der Waals surface area contributed by atoms with E-state index >= 15 is 0 Å². The number of aryl methyl sites for hydroxylation is 1. The van der Waals surface area contributed by atoms with Crippen molar-refractivity contribution < 1.29 is 28.1 Å². The van der Waals surface area contributed by atoms with Crippen LogP contribution < -0.4 is 4.74 Å². The molecular weight excluding hydrogens is 249 g/mol. The molecule has 1 unspecified atom stereocenters. The molecule has 0 heterocycles. The van der Waals surface area contributed by atoms with Crippen LogP contribution >= 0.6 is 0 Å². The van der Waals surface area contributed by atoms with E-state index in [4.69, 9.17) is 9.84 Å². The Morgan fingerprint density at radius 3 is 2.39 bits per heavy atom. The lowest BCUT2D eigenvalue weighted by Gasteiger charge is -2.18. The Labute approximate surface area is 103 Å². The smallest absolute Gasteiger partial charge is 0.417 e. The maximum Gasteiger partial charge on any atom is 0.417 e. The van der Waals surface area contributed by atoms with Crippen LogP contribution in [0.25, 0.3) is 0 Å². The molecule has 1 aromatic carbocycles. The van der Waals surface area contributed by atoms with Crippen molar-refractivity contribution in [1.82, 2.24) is 0 Å². The highest BCUT2D eigenvalue weighted by atomic mass is 19.4. The second-order valence-corrected chi connectivity index (χ2v) is 4.09. The van der Waals surface area contributed by atoms with Crippen LogP contribution in [0.2, 0.25) is 0 Å². The Bertz CT molecular complexity index is 402. The lowest BCUT2D eigenvalue weighted by atomic mass is 10.1. The maximum absolute atomic E-state index is 12.1. The molecule has 0 aliphatic heterocycles. The Morgan fingerprint density at radius 1 is 1.28 bits per heavy atom. The molecule has 18 heavy (non-hydrogen) atoms. The van der Waals surface area contributed by atoms with E-state index < -0.39 is 25.0 Å². The van der Waals surface area contributed by atoms with Crippen molar-refractivity contribution in [2.45, 2.75) is 32.2 Å². The highest BCUT2D eigenvalue weighted by Crippen LogP contribution is 2.27. The summed E-state index contributed by atoms with van der Waals surface area (Å²) in [4.78, 5) is 0. The highest BCUT2D eigenvalue weighted by molar-refractivity contribution is 5.38. The van der Waals surface area contributed by atoms with Gasteiger partial charge in [-0.3, -0.25) is 0 Å². The molecule has 0 radical (unpaired) electrons. The van der Waals surface area contributed by atoms with Crippen LogP contribution in [0.5, 0.6) is 5.75 Å². The molecule has 0 saturated heterocycles. The number of benzene rings is 1. The molecule has 0 fully saturated rings. The number of hydrogen-bond acceptors (Lipinski definition) is 3. The summed E-state index contributed by atoms with van der Waals surface area (Å²) < 4.78 is 41.3. The first-order valence-electron chi connectivity index (χ1n) is 5.38. The van der Waals surface area contributed by atoms with Gasteiger partial charge in [0.2, 0.25) is 0 Å². The van der Waals surface area contributed by atoms with Gasteiger partial charge in [0.05, 0.1) is 6.10 Å². The van der Waals surface area contributed by atoms with Crippen molar-refractivity contribution in [1.29, 1.82) is 0 Å². The maximum atomic E-state index is 12.1. The number of hydrogen-bond donors (Lipinski definition) is 2. The minimum atomic E-state index is -4.71. The van der Waals surface area contributed by atoms with Crippen LogP contribution in [-0.2, 0) is 0 Å². The van der Waals surface area contributed by atoms with Gasteiger partial charge in [0.15, 0.2) is 6.10 Å². The van der Waals surface area contributed by atoms with Crippen LogP contribution in [0, 0.1) is 6.92 Å². The summed E-state index contributed by atoms with van der Waals surface area (Å²) >= 11 is 0. The lowest BCUT2D eigenvalue weighted by molar-refractivity contribution is -0.210. The van der Waals surface area contributed by atoms with Gasteiger partial charge >= 0.3 is 6.18 Å². The van der Waals surface area contributed by atoms with E-state index in [2.05, 4.69) is 0 Å². The van der Waals surface area contributed by atoms with Gasteiger partial charge in [0.25, 0.3) is 0 Å². The predicted molar refractivity (Wildman–Crippen MR) is 59.4 cm³/mol. The summed E-state index contributed by atoms with van der Waals surface area (Å²) in [6.07, 6.45) is -8.11. The minimum absolute atomic E-state index is 0.147. The normalized spacial score (nSPS) is 15.3. The predicted octanol–water partition coefficient (Wildman–Crippen LogP) is 2.35. The molecule has 0 bridgehead atoms. The van der Waals surface area contributed by atoms with Gasteiger partial charge in [-0.25, -0.2) is 0 Å². The van der Waals surface area contributed by atoms with Crippen LogP contribution in [0.15, 0.2) is 18.2 Å². The van der Waals surface area contributed by atoms with Crippen LogP contribution in [0.1, 0.15) is 24.2 Å². The molecule has 2 atom stereocenters. The Kier molecular flexibility index (Phi) is 4.59. The van der Waals surface area contributed by atoms with E-state index in [0.717, 1.165) is 5.56 Å². The number of halogens is 3. The summed E-state index contributed by atoms with van der Waals surface area (Å²) in [5.41, 5.74) is 1.17. The van der Waals surface area contributed by atoms with Gasteiger partial charge in [-0.15, -0.1) is 0 Å². The minimum Gasteiger partial charge on any atom is -0.490 e. The quantitative estimate of drug-likeness (QED) is 0.877. The molecule has 3 nitrogen and oxygen atoms in total. The largest absolute Gasteiger partial charge is 0.490 e. The van der Waals surface area contributed by atoms with Crippen molar-refractivity contribution in [2.24, 2.45) is 0 Å². The third kappa shape index (κ3) is 3.89. The van der Waals surface area contributed by atoms with E-state index in [9.17, 15) is 18.3 Å². The summed E-state index contributed by atoms with van der Waals surface area (Å²) in [7, 11) is 0. The Balaban J connectivity index is 2.81. The molecule has 0 amide bonds. The highest BCUT2D eigenvalue weighted by Gasteiger charge is 2.38. The number of aliphatic hydroxyl groups excluding tert-OH is 2. The summed E-state index contributed by atoms with van der Waals surface area (Å²) in [5.74, 6) is 0.147. The van der Waals surface area contributed by atoms with Crippen molar-refractivity contribution >= 4 is 0 Å². The van der Waals surface area contributed by atoms with Gasteiger partial charge in [0.1, 0.15) is 12.4 Å². The second-order valence-electron chi connectivity index (χ2n) is 4.09. The molecule has 1 rings (SSSR count). The molecular formula is C12H15F3O3. The first kappa shape index (κ1) is 14.8. The van der Waals surface area contributed by atoms with Gasteiger partial charge in [-0.1, -0.05) is 12.1 Å². The first-order chi connectivity index (χ1) is 8.21. The fourth-order valence-corrected chi connectivity index (χ4v) is 1.37. The number of alkyl halides is 3. The monoisotopic (exact) mass is 264 g/mol. The van der Waals surface area contributed by atoms with E-state index in [-0.39, 0.29) is 5.75 Å². The van der Waals surface area contributed by atoms with Gasteiger partial charge in [-0.2, -0.15) is 13.2 Å². The SMILES string of the molecule is Cc1ccc([C@@H](C)O)c(OCC(O)C(F)(F)F)c1. The molecule has 0 saturated carbocycles. The van der Waals surface area contributed by atoms with Crippen molar-refractivity contribution in [2.75, 3.05) is 6.61 Å². The Hall–Kier alpha value is -1.27. The zero-order valence-electron chi connectivity index (χ0n) is 10.0. The van der Waals surface area contributed by atoms with Crippen molar-refractivity contribution in [3.8, 4) is 5.75 Å². The zero-order chi connectivity index (χ0) is 13.9. The summed E-state index contributed by atoms with van der Waals surface area (Å²) in [6.45, 7) is 2.34. The van der Waals surface area contributed by atoms with Crippen molar-refractivity contribution in [3.05, 3.63) is 29.3 Å². The molecule has 6 heteroatoms. The van der Waals surface area contributed by atoms with Crippen LogP contribution in [0.3, 0.4) is 0 Å². The molecule has 0 aliphatic rings. The van der Waals surface area contributed by atoms with E-state index in [1.165, 1.54) is 13.0 Å². The molecule has 102 valence electrons. The molecule has 0 spiro atoms.